The molecular formula is C15H21NO4. The molecule has 1 aromatic carbocycles. The number of aliphatic hydroxyl groups excluding tert-OH is 1. The molecule has 0 fully saturated rings. The third kappa shape index (κ3) is 3.63. The minimum absolute atomic E-state index is 0.0612. The first-order valence-electron chi connectivity index (χ1n) is 6.94. The second kappa shape index (κ2) is 6.61. The van der Waals surface area contributed by atoms with Gasteiger partial charge in [0, 0.05) is 19.5 Å². The number of benzene rings is 1. The Hall–Kier alpha value is -1.75. The van der Waals surface area contributed by atoms with Crippen LogP contribution in [0.3, 0.4) is 0 Å². The molecule has 0 saturated heterocycles. The van der Waals surface area contributed by atoms with Crippen LogP contribution in [0.15, 0.2) is 18.2 Å². The molecule has 5 heteroatoms. The summed E-state index contributed by atoms with van der Waals surface area (Å²) in [5.74, 6) is 1.54. The van der Waals surface area contributed by atoms with Crippen molar-refractivity contribution in [2.75, 3.05) is 13.3 Å². The summed E-state index contributed by atoms with van der Waals surface area (Å²) in [5.41, 5.74) is 1.02. The van der Waals surface area contributed by atoms with E-state index >= 15 is 0 Å². The topological polar surface area (TPSA) is 59.0 Å². The van der Waals surface area contributed by atoms with Crippen LogP contribution in [0.25, 0.3) is 0 Å². The van der Waals surface area contributed by atoms with Crippen molar-refractivity contribution in [3.8, 4) is 11.5 Å². The fourth-order valence-electron chi connectivity index (χ4n) is 2.13. The van der Waals surface area contributed by atoms with E-state index in [-0.39, 0.29) is 12.7 Å². The maximum absolute atomic E-state index is 12.1. The zero-order valence-electron chi connectivity index (χ0n) is 12.0. The Morgan fingerprint density at radius 1 is 1.40 bits per heavy atom. The van der Waals surface area contributed by atoms with Gasteiger partial charge in [-0.2, -0.15) is 0 Å². The summed E-state index contributed by atoms with van der Waals surface area (Å²) in [7, 11) is 0. The van der Waals surface area contributed by atoms with Crippen LogP contribution < -0.4 is 9.47 Å². The summed E-state index contributed by atoms with van der Waals surface area (Å²) < 4.78 is 10.6. The molecule has 1 aliphatic rings. The zero-order chi connectivity index (χ0) is 14.5. The van der Waals surface area contributed by atoms with Crippen molar-refractivity contribution >= 4 is 5.91 Å². The average Bonchev–Trinajstić information content (AvgIpc) is 2.89. The largest absolute Gasteiger partial charge is 0.454 e. The Balaban J connectivity index is 1.97. The lowest BCUT2D eigenvalue weighted by molar-refractivity contribution is -0.132. The van der Waals surface area contributed by atoms with Crippen molar-refractivity contribution in [2.24, 2.45) is 0 Å². The van der Waals surface area contributed by atoms with E-state index in [1.54, 1.807) is 11.8 Å². The minimum atomic E-state index is -0.441. The zero-order valence-corrected chi connectivity index (χ0v) is 12.0. The number of amides is 1. The van der Waals surface area contributed by atoms with Gasteiger partial charge < -0.3 is 19.5 Å². The number of carbonyl (C=O) groups excluding carboxylic acids is 1. The van der Waals surface area contributed by atoms with E-state index in [4.69, 9.17) is 9.47 Å². The van der Waals surface area contributed by atoms with Gasteiger partial charge in [-0.25, -0.2) is 0 Å². The lowest BCUT2D eigenvalue weighted by Gasteiger charge is -2.21. The molecule has 110 valence electrons. The van der Waals surface area contributed by atoms with E-state index in [9.17, 15) is 9.90 Å². The van der Waals surface area contributed by atoms with Gasteiger partial charge >= 0.3 is 0 Å². The van der Waals surface area contributed by atoms with E-state index in [0.29, 0.717) is 25.9 Å². The Labute approximate surface area is 119 Å². The summed E-state index contributed by atoms with van der Waals surface area (Å²) >= 11 is 0. The number of ether oxygens (including phenoxy) is 2. The average molecular weight is 279 g/mol. The fraction of sp³-hybridized carbons (Fsp3) is 0.533. The van der Waals surface area contributed by atoms with Gasteiger partial charge in [0.05, 0.1) is 6.10 Å². The lowest BCUT2D eigenvalue weighted by atomic mass is 10.1. The third-order valence-corrected chi connectivity index (χ3v) is 3.32. The molecule has 1 aliphatic heterocycles. The maximum Gasteiger partial charge on any atom is 0.231 e. The van der Waals surface area contributed by atoms with Gasteiger partial charge in [0.2, 0.25) is 12.7 Å². The van der Waals surface area contributed by atoms with Gasteiger partial charge in [-0.1, -0.05) is 6.07 Å². The van der Waals surface area contributed by atoms with Gasteiger partial charge in [-0.3, -0.25) is 4.79 Å². The smallest absolute Gasteiger partial charge is 0.231 e. The van der Waals surface area contributed by atoms with E-state index < -0.39 is 6.10 Å². The highest BCUT2D eigenvalue weighted by molar-refractivity contribution is 5.76. The summed E-state index contributed by atoms with van der Waals surface area (Å²) in [6, 6.07) is 5.72. The van der Waals surface area contributed by atoms with Gasteiger partial charge in [-0.05, 0) is 38.0 Å². The highest BCUT2D eigenvalue weighted by Crippen LogP contribution is 2.32. The highest BCUT2D eigenvalue weighted by atomic mass is 16.7. The molecule has 1 amide bonds. The second-order valence-corrected chi connectivity index (χ2v) is 4.98. The number of hydrogen-bond donors (Lipinski definition) is 1. The molecule has 0 bridgehead atoms. The van der Waals surface area contributed by atoms with Crippen LogP contribution >= 0.6 is 0 Å². The summed E-state index contributed by atoms with van der Waals surface area (Å²) in [6.45, 7) is 5.09. The van der Waals surface area contributed by atoms with Crippen molar-refractivity contribution in [3.63, 3.8) is 0 Å². The molecule has 0 aliphatic carbocycles. The maximum atomic E-state index is 12.1. The van der Waals surface area contributed by atoms with Crippen LogP contribution in [0.2, 0.25) is 0 Å². The molecule has 5 nitrogen and oxygen atoms in total. The van der Waals surface area contributed by atoms with Crippen molar-refractivity contribution < 1.29 is 19.4 Å². The van der Waals surface area contributed by atoms with Crippen molar-refractivity contribution in [1.82, 2.24) is 4.90 Å². The molecule has 1 unspecified atom stereocenters. The Bertz CT molecular complexity index is 473. The van der Waals surface area contributed by atoms with E-state index in [1.807, 2.05) is 25.1 Å². The first kappa shape index (κ1) is 14.7. The fourth-order valence-corrected chi connectivity index (χ4v) is 2.13. The van der Waals surface area contributed by atoms with Crippen LogP contribution in [0.1, 0.15) is 32.3 Å². The standard InChI is InChI=1S/C15H21NO4/c1-3-16(15(18)7-4-11(2)17)9-12-5-6-13-14(8-12)20-10-19-13/h5-6,8,11,17H,3-4,7,9-10H2,1-2H3. The monoisotopic (exact) mass is 279 g/mol. The first-order valence-corrected chi connectivity index (χ1v) is 6.94. The number of hydrogen-bond acceptors (Lipinski definition) is 4. The Morgan fingerprint density at radius 3 is 2.85 bits per heavy atom. The molecular weight excluding hydrogens is 258 g/mol. The van der Waals surface area contributed by atoms with Gasteiger partial charge in [0.25, 0.3) is 0 Å². The van der Waals surface area contributed by atoms with Crippen LogP contribution in [0.4, 0.5) is 0 Å². The molecule has 1 heterocycles. The van der Waals surface area contributed by atoms with Crippen LogP contribution in [0.5, 0.6) is 11.5 Å². The molecule has 20 heavy (non-hydrogen) atoms. The van der Waals surface area contributed by atoms with E-state index in [0.717, 1.165) is 17.1 Å². The molecule has 0 radical (unpaired) electrons. The predicted octanol–water partition coefficient (Wildman–Crippen LogP) is 1.92. The van der Waals surface area contributed by atoms with E-state index in [1.165, 1.54) is 0 Å². The number of carbonyl (C=O) groups is 1. The second-order valence-electron chi connectivity index (χ2n) is 4.98. The third-order valence-electron chi connectivity index (χ3n) is 3.32. The van der Waals surface area contributed by atoms with Crippen molar-refractivity contribution in [2.45, 2.75) is 39.3 Å². The minimum Gasteiger partial charge on any atom is -0.454 e. The van der Waals surface area contributed by atoms with Gasteiger partial charge in [-0.15, -0.1) is 0 Å². The van der Waals surface area contributed by atoms with Crippen molar-refractivity contribution in [1.29, 1.82) is 0 Å². The van der Waals surface area contributed by atoms with Crippen LogP contribution in [0, 0.1) is 0 Å². The predicted molar refractivity (Wildman–Crippen MR) is 74.6 cm³/mol. The summed E-state index contributed by atoms with van der Waals surface area (Å²) in [6.07, 6.45) is 0.426. The number of nitrogens with zero attached hydrogens (tertiary/aromatic N) is 1. The SMILES string of the molecule is CCN(Cc1ccc2c(c1)OCO2)C(=O)CCC(C)O. The molecule has 0 spiro atoms. The Morgan fingerprint density at radius 2 is 2.15 bits per heavy atom. The lowest BCUT2D eigenvalue weighted by Crippen LogP contribution is -2.30. The molecule has 1 N–H and O–H groups in total. The molecule has 2 rings (SSSR count). The first-order chi connectivity index (χ1) is 9.60. The Kier molecular flexibility index (Phi) is 4.84. The normalized spacial score (nSPS) is 14.2. The molecule has 1 aromatic rings. The molecule has 1 atom stereocenters. The van der Waals surface area contributed by atoms with Crippen LogP contribution in [-0.2, 0) is 11.3 Å². The molecule has 0 saturated carbocycles. The van der Waals surface area contributed by atoms with Crippen LogP contribution in [-0.4, -0.2) is 35.4 Å². The number of rotatable bonds is 6. The van der Waals surface area contributed by atoms with E-state index in [2.05, 4.69) is 0 Å². The summed E-state index contributed by atoms with van der Waals surface area (Å²) in [5, 5.41) is 9.25. The van der Waals surface area contributed by atoms with Gasteiger partial charge in [0.1, 0.15) is 0 Å². The quantitative estimate of drug-likeness (QED) is 0.864. The highest BCUT2D eigenvalue weighted by Gasteiger charge is 2.16. The van der Waals surface area contributed by atoms with Gasteiger partial charge in [0.15, 0.2) is 11.5 Å². The van der Waals surface area contributed by atoms with Crippen molar-refractivity contribution in [3.05, 3.63) is 23.8 Å². The summed E-state index contributed by atoms with van der Waals surface area (Å²) in [4.78, 5) is 13.9. The number of fused-ring (bicyclic) bond motifs is 1. The molecule has 0 aromatic heterocycles. The number of aliphatic hydroxyl groups is 1.